The van der Waals surface area contributed by atoms with Crippen LogP contribution < -0.4 is 5.01 Å². The third-order valence-corrected chi connectivity index (χ3v) is 5.63. The molecule has 0 aromatic heterocycles. The van der Waals surface area contributed by atoms with Gasteiger partial charge in [0.15, 0.2) is 0 Å². The van der Waals surface area contributed by atoms with E-state index in [1.807, 2.05) is 65.8 Å². The predicted molar refractivity (Wildman–Crippen MR) is 126 cm³/mol. The van der Waals surface area contributed by atoms with Gasteiger partial charge in [-0.1, -0.05) is 63.5 Å². The Kier molecular flexibility index (Phi) is 6.61. The normalized spacial score (nSPS) is 18.5. The van der Waals surface area contributed by atoms with E-state index in [1.54, 1.807) is 5.01 Å². The van der Waals surface area contributed by atoms with E-state index in [1.165, 1.54) is 0 Å². The van der Waals surface area contributed by atoms with E-state index < -0.39 is 23.1 Å². The van der Waals surface area contributed by atoms with Crippen molar-refractivity contribution in [3.8, 4) is 0 Å². The van der Waals surface area contributed by atoms with E-state index in [4.69, 9.17) is 0 Å². The second kappa shape index (κ2) is 8.13. The summed E-state index contributed by atoms with van der Waals surface area (Å²) < 4.78 is 0.812. The molecule has 1 aromatic carbocycles. The molecule has 0 radical (unpaired) electrons. The van der Waals surface area contributed by atoms with Gasteiger partial charge in [0.2, 0.25) is 0 Å². The molecule has 0 bridgehead atoms. The maximum atomic E-state index is 12.2. The molecule has 1 aliphatic heterocycles. The highest BCUT2D eigenvalue weighted by Crippen LogP contribution is 2.51. The number of halogens is 1. The first-order valence-corrected chi connectivity index (χ1v) is 11.0. The van der Waals surface area contributed by atoms with Crippen molar-refractivity contribution in [3.63, 3.8) is 0 Å². The molecule has 1 heterocycles. The van der Waals surface area contributed by atoms with Gasteiger partial charge in [0.25, 0.3) is 0 Å². The number of hydrazine groups is 1. The highest BCUT2D eigenvalue weighted by Gasteiger charge is 2.55. The molecule has 31 heavy (non-hydrogen) atoms. The summed E-state index contributed by atoms with van der Waals surface area (Å²) in [5.74, 6) is 0.153. The number of imide groups is 1. The minimum atomic E-state index is -1.53. The van der Waals surface area contributed by atoms with Gasteiger partial charge in [-0.05, 0) is 55.4 Å². The molecule has 172 valence electrons. The third kappa shape index (κ3) is 4.90. The molecule has 1 aromatic rings. The van der Waals surface area contributed by atoms with Crippen LogP contribution in [0.3, 0.4) is 0 Å². The number of hydrogen-bond acceptors (Lipinski definition) is 4. The van der Waals surface area contributed by atoms with Crippen molar-refractivity contribution in [1.82, 2.24) is 9.91 Å². The smallest absolute Gasteiger partial charge is 0.422 e. The van der Waals surface area contributed by atoms with Crippen LogP contribution in [-0.4, -0.2) is 43.9 Å². The van der Waals surface area contributed by atoms with Gasteiger partial charge in [0.05, 0.1) is 11.7 Å². The summed E-state index contributed by atoms with van der Waals surface area (Å²) in [5, 5.41) is 23.8. The van der Waals surface area contributed by atoms with Gasteiger partial charge in [-0.15, -0.1) is 0 Å². The fraction of sp³-hybridized carbons (Fsp3) is 0.565. The van der Waals surface area contributed by atoms with Crippen LogP contribution in [0, 0.1) is 10.8 Å². The first-order valence-electron chi connectivity index (χ1n) is 10.2. The molecule has 0 saturated carbocycles. The largest absolute Gasteiger partial charge is 0.464 e. The zero-order valence-electron chi connectivity index (χ0n) is 19.8. The van der Waals surface area contributed by atoms with Gasteiger partial charge in [-0.25, -0.2) is 14.6 Å². The van der Waals surface area contributed by atoms with Crippen LogP contribution in [0.5, 0.6) is 0 Å². The number of rotatable bonds is 2. The van der Waals surface area contributed by atoms with Crippen molar-refractivity contribution in [3.05, 3.63) is 40.1 Å². The van der Waals surface area contributed by atoms with E-state index in [0.29, 0.717) is 10.6 Å². The van der Waals surface area contributed by atoms with Crippen LogP contribution >= 0.6 is 15.9 Å². The molecule has 1 atom stereocenters. The minimum Gasteiger partial charge on any atom is -0.464 e. The number of carboxylic acid groups (broad SMARTS) is 2. The molecule has 1 aliphatic rings. The van der Waals surface area contributed by atoms with Gasteiger partial charge >= 0.3 is 12.2 Å². The lowest BCUT2D eigenvalue weighted by molar-refractivity contribution is 0.0440. The first-order chi connectivity index (χ1) is 13.9. The van der Waals surface area contributed by atoms with Crippen molar-refractivity contribution in [2.75, 3.05) is 5.01 Å². The van der Waals surface area contributed by atoms with Crippen molar-refractivity contribution in [2.24, 2.45) is 10.8 Å². The van der Waals surface area contributed by atoms with Gasteiger partial charge in [0.1, 0.15) is 5.82 Å². The van der Waals surface area contributed by atoms with Gasteiger partial charge in [-0.3, -0.25) is 5.01 Å². The second-order valence-corrected chi connectivity index (χ2v) is 11.9. The third-order valence-electron chi connectivity index (χ3n) is 5.14. The van der Waals surface area contributed by atoms with E-state index in [-0.39, 0.29) is 17.3 Å². The Hall–Kier alpha value is -2.06. The number of carbonyl (C=O) groups is 2. The maximum Gasteiger partial charge on any atom is 0.422 e. The fourth-order valence-electron chi connectivity index (χ4n) is 4.14. The van der Waals surface area contributed by atoms with E-state index >= 15 is 0 Å². The lowest BCUT2D eigenvalue weighted by atomic mass is 9.72. The van der Waals surface area contributed by atoms with Crippen molar-refractivity contribution in [1.29, 1.82) is 0 Å². The first kappa shape index (κ1) is 25.2. The lowest BCUT2D eigenvalue weighted by Gasteiger charge is -2.49. The Morgan fingerprint density at radius 2 is 1.48 bits per heavy atom. The minimum absolute atomic E-state index is 0.153. The molecule has 2 N–H and O–H groups in total. The second-order valence-electron chi connectivity index (χ2n) is 11.0. The summed E-state index contributed by atoms with van der Waals surface area (Å²) in [6, 6.07) is 7.21. The highest BCUT2D eigenvalue weighted by molar-refractivity contribution is 9.10. The number of amides is 2. The Labute approximate surface area is 193 Å². The van der Waals surface area contributed by atoms with Crippen LogP contribution in [0.25, 0.3) is 0 Å². The number of nitrogens with zero attached hydrogens (tertiary/aromatic N) is 3. The Morgan fingerprint density at radius 3 is 1.84 bits per heavy atom. The molecule has 0 saturated heterocycles. The fourth-order valence-corrected chi connectivity index (χ4v) is 4.53. The van der Waals surface area contributed by atoms with E-state index in [2.05, 4.69) is 41.7 Å². The average Bonchev–Trinajstić information content (AvgIpc) is 2.90. The molecule has 8 heteroatoms. The Morgan fingerprint density at radius 1 is 0.968 bits per heavy atom. The summed E-state index contributed by atoms with van der Waals surface area (Å²) in [6.45, 7) is 18.4. The zero-order valence-corrected chi connectivity index (χ0v) is 21.4. The lowest BCUT2D eigenvalue weighted by Crippen LogP contribution is -2.58. The summed E-state index contributed by atoms with van der Waals surface area (Å²) in [6.07, 6.45) is -3.07. The van der Waals surface area contributed by atoms with Crippen LogP contribution in [0.2, 0.25) is 0 Å². The molecule has 7 nitrogen and oxygen atoms in total. The van der Waals surface area contributed by atoms with Crippen LogP contribution in [0.1, 0.15) is 62.3 Å². The molecule has 0 spiro atoms. The van der Waals surface area contributed by atoms with E-state index in [9.17, 15) is 19.8 Å². The highest BCUT2D eigenvalue weighted by atomic mass is 79.9. The van der Waals surface area contributed by atoms with Crippen LogP contribution in [0.15, 0.2) is 40.1 Å². The molecule has 2 rings (SSSR count). The quantitative estimate of drug-likeness (QED) is 0.479. The molecule has 0 fully saturated rings. The standard InChI is InChI=1S/C23H34BrN3O4/c1-21(2,3)16-17(22(4,5)6)27(23(7,8)9)26(15-12-10-11-14(24)13-15)18(16)25(19(28)29)20(30)31/h10-13,17H,1-9H3,(H,28,29)(H,30,31). The molecular weight excluding hydrogens is 462 g/mol. The predicted octanol–water partition coefficient (Wildman–Crippen LogP) is 6.62. The monoisotopic (exact) mass is 495 g/mol. The number of anilines is 1. The summed E-state index contributed by atoms with van der Waals surface area (Å²) in [7, 11) is 0. The van der Waals surface area contributed by atoms with Crippen molar-refractivity contribution in [2.45, 2.75) is 73.9 Å². The Bertz CT molecular complexity index is 893. The molecule has 1 unspecified atom stereocenters. The summed E-state index contributed by atoms with van der Waals surface area (Å²) >= 11 is 3.50. The maximum absolute atomic E-state index is 12.2. The van der Waals surface area contributed by atoms with Gasteiger partial charge < -0.3 is 10.2 Å². The summed E-state index contributed by atoms with van der Waals surface area (Å²) in [5.41, 5.74) is 0.187. The van der Waals surface area contributed by atoms with Crippen LogP contribution in [0.4, 0.5) is 15.3 Å². The van der Waals surface area contributed by atoms with Crippen LogP contribution in [-0.2, 0) is 0 Å². The van der Waals surface area contributed by atoms with Crippen molar-refractivity contribution < 1.29 is 19.8 Å². The number of hydrogen-bond donors (Lipinski definition) is 2. The molecule has 0 aliphatic carbocycles. The average molecular weight is 496 g/mol. The summed E-state index contributed by atoms with van der Waals surface area (Å²) in [4.78, 5) is 24.9. The van der Waals surface area contributed by atoms with Gasteiger partial charge in [-0.2, -0.15) is 4.90 Å². The van der Waals surface area contributed by atoms with Gasteiger partial charge in [0, 0.05) is 10.0 Å². The van der Waals surface area contributed by atoms with Crippen molar-refractivity contribution >= 4 is 33.8 Å². The Balaban J connectivity index is 3.07. The zero-order chi connectivity index (χ0) is 24.1. The number of benzene rings is 1. The SMILES string of the molecule is CC(C)(C)C1=C(N(C(=O)O)C(=O)O)N(c2cccc(Br)c2)N(C(C)(C)C)C1C(C)(C)C. The molecule has 2 amide bonds. The molecular formula is C23H34BrN3O4. The van der Waals surface area contributed by atoms with E-state index in [0.717, 1.165) is 10.0 Å². The topological polar surface area (TPSA) is 84.3 Å².